The Hall–Kier alpha value is -5.63. The first-order valence-corrected chi connectivity index (χ1v) is 14.2. The summed E-state index contributed by atoms with van der Waals surface area (Å²) in [5.74, 6) is -2.52. The van der Waals surface area contributed by atoms with Gasteiger partial charge in [-0.3, -0.25) is 24.3 Å². The lowest BCUT2D eigenvalue weighted by atomic mass is 9.96. The van der Waals surface area contributed by atoms with Gasteiger partial charge in [-0.05, 0) is 72.3 Å². The molecule has 8 heteroatoms. The zero-order valence-electron chi connectivity index (χ0n) is 24.2. The van der Waals surface area contributed by atoms with Gasteiger partial charge < -0.3 is 10.1 Å². The van der Waals surface area contributed by atoms with Crippen LogP contribution in [0.4, 0.5) is 5.69 Å². The molecule has 0 radical (unpaired) electrons. The van der Waals surface area contributed by atoms with E-state index in [0.29, 0.717) is 27.9 Å². The summed E-state index contributed by atoms with van der Waals surface area (Å²) in [6.07, 6.45) is 3.42. The summed E-state index contributed by atoms with van der Waals surface area (Å²) in [4.78, 5) is 58.1. The number of aromatic nitrogens is 1. The molecule has 0 saturated heterocycles. The van der Waals surface area contributed by atoms with Crippen molar-refractivity contribution in [1.82, 2.24) is 9.88 Å². The van der Waals surface area contributed by atoms with Crippen LogP contribution in [0.15, 0.2) is 103 Å². The largest absolute Gasteiger partial charge is 0.457 e. The highest BCUT2D eigenvalue weighted by molar-refractivity contribution is 6.21. The van der Waals surface area contributed by atoms with Crippen LogP contribution in [0.3, 0.4) is 0 Å². The van der Waals surface area contributed by atoms with E-state index in [-0.39, 0.29) is 19.1 Å². The van der Waals surface area contributed by atoms with Crippen LogP contribution in [0.1, 0.15) is 59.2 Å². The Labute approximate surface area is 254 Å². The smallest absolute Gasteiger partial charge is 0.338 e. The van der Waals surface area contributed by atoms with Crippen molar-refractivity contribution in [1.29, 1.82) is 0 Å². The summed E-state index contributed by atoms with van der Waals surface area (Å²) in [5, 5.41) is 4.81. The molecule has 44 heavy (non-hydrogen) atoms. The van der Waals surface area contributed by atoms with Gasteiger partial charge in [-0.25, -0.2) is 4.79 Å². The van der Waals surface area contributed by atoms with Crippen LogP contribution in [0.5, 0.6) is 0 Å². The fourth-order valence-electron chi connectivity index (χ4n) is 5.43. The average molecular weight is 584 g/mol. The van der Waals surface area contributed by atoms with Crippen molar-refractivity contribution in [3.05, 3.63) is 142 Å². The average Bonchev–Trinajstić information content (AvgIpc) is 3.27. The molecule has 1 aromatic heterocycles. The van der Waals surface area contributed by atoms with Gasteiger partial charge in [0, 0.05) is 30.0 Å². The van der Waals surface area contributed by atoms with Crippen LogP contribution >= 0.6 is 0 Å². The normalized spacial score (nSPS) is 13.1. The van der Waals surface area contributed by atoms with Crippen LogP contribution in [0.2, 0.25) is 0 Å². The van der Waals surface area contributed by atoms with Gasteiger partial charge in [0.15, 0.2) is 0 Å². The summed E-state index contributed by atoms with van der Waals surface area (Å²) in [7, 11) is 0. The topological polar surface area (TPSA) is 106 Å². The minimum Gasteiger partial charge on any atom is -0.457 e. The highest BCUT2D eigenvalue weighted by Gasteiger charge is 2.38. The van der Waals surface area contributed by atoms with Gasteiger partial charge in [0.05, 0.1) is 22.6 Å². The molecule has 8 nitrogen and oxygen atoms in total. The van der Waals surface area contributed by atoms with Gasteiger partial charge in [0.1, 0.15) is 6.61 Å². The van der Waals surface area contributed by atoms with Crippen LogP contribution in [0, 0.1) is 13.8 Å². The zero-order valence-corrected chi connectivity index (χ0v) is 24.2. The number of benzene rings is 4. The number of rotatable bonds is 8. The molecule has 0 spiro atoms. The van der Waals surface area contributed by atoms with E-state index >= 15 is 0 Å². The molecule has 5 aromatic rings. The molecule has 218 valence electrons. The van der Waals surface area contributed by atoms with Gasteiger partial charge >= 0.3 is 5.97 Å². The predicted molar refractivity (Wildman–Crippen MR) is 166 cm³/mol. The number of carbonyl (C=O) groups excluding carboxylic acids is 4. The number of esters is 1. The number of ether oxygens (including phenoxy) is 1. The number of hydrogen-bond acceptors (Lipinski definition) is 6. The number of anilines is 1. The van der Waals surface area contributed by atoms with Crippen molar-refractivity contribution in [3.8, 4) is 0 Å². The maximum absolute atomic E-state index is 13.8. The highest BCUT2D eigenvalue weighted by Crippen LogP contribution is 2.28. The highest BCUT2D eigenvalue weighted by atomic mass is 16.5. The predicted octanol–water partition coefficient (Wildman–Crippen LogP) is 6.23. The lowest BCUT2D eigenvalue weighted by molar-refractivity contribution is -0.117. The van der Waals surface area contributed by atoms with Crippen LogP contribution in [-0.2, 0) is 16.1 Å². The molecule has 1 N–H and O–H groups in total. The van der Waals surface area contributed by atoms with Crippen LogP contribution < -0.4 is 5.32 Å². The molecule has 1 atom stereocenters. The van der Waals surface area contributed by atoms with Crippen molar-refractivity contribution in [2.24, 2.45) is 0 Å². The molecule has 1 aliphatic rings. The van der Waals surface area contributed by atoms with E-state index in [9.17, 15) is 19.2 Å². The molecular weight excluding hydrogens is 554 g/mol. The monoisotopic (exact) mass is 583 g/mol. The summed E-state index contributed by atoms with van der Waals surface area (Å²) in [6.45, 7) is 3.74. The van der Waals surface area contributed by atoms with E-state index in [1.807, 2.05) is 44.2 Å². The van der Waals surface area contributed by atoms with E-state index in [4.69, 9.17) is 4.74 Å². The van der Waals surface area contributed by atoms with Crippen molar-refractivity contribution in [2.45, 2.75) is 26.4 Å². The lowest BCUT2D eigenvalue weighted by Gasteiger charge is -2.23. The molecule has 0 unspecified atom stereocenters. The van der Waals surface area contributed by atoms with Crippen molar-refractivity contribution in [2.75, 3.05) is 11.9 Å². The first-order chi connectivity index (χ1) is 21.3. The number of aryl methyl sites for hydroxylation is 2. The Morgan fingerprint density at radius 1 is 0.841 bits per heavy atom. The Morgan fingerprint density at radius 3 is 2.27 bits per heavy atom. The third kappa shape index (κ3) is 5.70. The molecular formula is C36H29N3O5. The van der Waals surface area contributed by atoms with Gasteiger partial charge in [0.2, 0.25) is 5.91 Å². The second-order valence-electron chi connectivity index (χ2n) is 10.9. The number of imide groups is 1. The maximum atomic E-state index is 13.8. The molecule has 0 saturated carbocycles. The Kier molecular flexibility index (Phi) is 7.72. The fraction of sp³-hybridized carbons (Fsp3) is 0.139. The number of nitrogens with one attached hydrogen (secondary N) is 1. The minimum atomic E-state index is -0.864. The lowest BCUT2D eigenvalue weighted by Crippen LogP contribution is -2.38. The van der Waals surface area contributed by atoms with E-state index in [2.05, 4.69) is 10.3 Å². The molecule has 3 amide bonds. The summed E-state index contributed by atoms with van der Waals surface area (Å²) in [5.41, 5.74) is 4.97. The van der Waals surface area contributed by atoms with Gasteiger partial charge in [-0.15, -0.1) is 0 Å². The first-order valence-electron chi connectivity index (χ1n) is 14.2. The molecule has 6 rings (SSSR count). The number of nitrogens with zero attached hydrogens (tertiary/aromatic N) is 2. The second kappa shape index (κ2) is 11.9. The third-order valence-corrected chi connectivity index (χ3v) is 7.82. The number of fused-ring (bicyclic) bond motifs is 2. The molecule has 1 aliphatic heterocycles. The molecule has 0 bridgehead atoms. The van der Waals surface area contributed by atoms with Gasteiger partial charge in [-0.1, -0.05) is 60.2 Å². The molecule has 0 aliphatic carbocycles. The van der Waals surface area contributed by atoms with Crippen molar-refractivity contribution >= 4 is 40.2 Å². The molecule has 4 aromatic carbocycles. The quantitative estimate of drug-likeness (QED) is 0.172. The number of carbonyl (C=O) groups is 4. The van der Waals surface area contributed by atoms with Crippen molar-refractivity contribution in [3.63, 3.8) is 0 Å². The standard InChI is InChI=1S/C36H29N3O5/c1-22-7-14-29(23(2)17-22)36(43)44-21-24-8-10-25(11-9-24)32(20-39-34(41)30-5-3-4-6-31(30)35(39)42)33(40)38-28-13-12-27-19-37-16-15-26(27)18-28/h3-19,32H,20-21H2,1-2H3,(H,38,40)/t32-/m1/s1. The number of amides is 3. The van der Waals surface area contributed by atoms with E-state index < -0.39 is 23.7 Å². The second-order valence-corrected chi connectivity index (χ2v) is 10.9. The van der Waals surface area contributed by atoms with Crippen LogP contribution in [-0.4, -0.2) is 40.1 Å². The van der Waals surface area contributed by atoms with E-state index in [1.165, 1.54) is 0 Å². The Bertz CT molecular complexity index is 1900. The Balaban J connectivity index is 1.23. The van der Waals surface area contributed by atoms with Gasteiger partial charge in [-0.2, -0.15) is 0 Å². The van der Waals surface area contributed by atoms with Gasteiger partial charge in [0.25, 0.3) is 11.8 Å². The van der Waals surface area contributed by atoms with E-state index in [0.717, 1.165) is 32.4 Å². The summed E-state index contributed by atoms with van der Waals surface area (Å²) in [6, 6.07) is 26.6. The first kappa shape index (κ1) is 28.5. The van der Waals surface area contributed by atoms with Crippen molar-refractivity contribution < 1.29 is 23.9 Å². The number of hydrogen-bond donors (Lipinski definition) is 1. The Morgan fingerprint density at radius 2 is 1.57 bits per heavy atom. The summed E-state index contributed by atoms with van der Waals surface area (Å²) < 4.78 is 5.55. The van der Waals surface area contributed by atoms with E-state index in [1.54, 1.807) is 73.1 Å². The third-order valence-electron chi connectivity index (χ3n) is 7.82. The molecule has 0 fully saturated rings. The van der Waals surface area contributed by atoms with Crippen LogP contribution in [0.25, 0.3) is 10.8 Å². The minimum absolute atomic E-state index is 0.0493. The maximum Gasteiger partial charge on any atom is 0.338 e. The number of pyridine rings is 1. The summed E-state index contributed by atoms with van der Waals surface area (Å²) >= 11 is 0. The fourth-order valence-corrected chi connectivity index (χ4v) is 5.43. The SMILES string of the molecule is Cc1ccc(C(=O)OCc2ccc([C@@H](CN3C(=O)c4ccccc4C3=O)C(=O)Nc3ccc4cnccc4c3)cc2)c(C)c1. The zero-order chi connectivity index (χ0) is 30.8. The molecule has 2 heterocycles.